The highest BCUT2D eigenvalue weighted by Crippen LogP contribution is 2.25. The second kappa shape index (κ2) is 4.28. The summed E-state index contributed by atoms with van der Waals surface area (Å²) in [5.41, 5.74) is 2.63. The van der Waals surface area contributed by atoms with E-state index in [0.717, 1.165) is 11.1 Å². The van der Waals surface area contributed by atoms with Crippen LogP contribution in [-0.2, 0) is 13.1 Å². The smallest absolute Gasteiger partial charge is 0.335 e. The minimum atomic E-state index is -0.956. The van der Waals surface area contributed by atoms with Gasteiger partial charge in [0.15, 0.2) is 0 Å². The number of nitrogens with zero attached hydrogens (tertiary/aromatic N) is 1. The van der Waals surface area contributed by atoms with E-state index in [9.17, 15) is 9.59 Å². The number of fused-ring (bicyclic) bond motifs is 1. The monoisotopic (exact) mass is 257 g/mol. The van der Waals surface area contributed by atoms with Gasteiger partial charge in [0.25, 0.3) is 5.91 Å². The number of furan rings is 1. The van der Waals surface area contributed by atoms with Gasteiger partial charge in [-0.1, -0.05) is 6.07 Å². The Kier molecular flexibility index (Phi) is 2.59. The van der Waals surface area contributed by atoms with Crippen LogP contribution in [0.5, 0.6) is 0 Å². The summed E-state index contributed by atoms with van der Waals surface area (Å²) in [4.78, 5) is 24.7. The lowest BCUT2D eigenvalue weighted by Crippen LogP contribution is -2.24. The number of benzene rings is 1. The van der Waals surface area contributed by atoms with E-state index in [4.69, 9.17) is 9.52 Å². The number of carboxylic acid groups (broad SMARTS) is 1. The molecule has 2 aromatic rings. The van der Waals surface area contributed by atoms with E-state index in [0.29, 0.717) is 18.7 Å². The molecule has 0 saturated heterocycles. The van der Waals surface area contributed by atoms with E-state index in [1.165, 1.54) is 12.5 Å². The van der Waals surface area contributed by atoms with Crippen molar-refractivity contribution in [1.29, 1.82) is 0 Å². The largest absolute Gasteiger partial charge is 0.478 e. The Bertz CT molecular complexity index is 645. The fraction of sp³-hybridized carbons (Fsp3) is 0.143. The van der Waals surface area contributed by atoms with Crippen molar-refractivity contribution < 1.29 is 19.1 Å². The van der Waals surface area contributed by atoms with Crippen molar-refractivity contribution in [3.8, 4) is 0 Å². The first-order chi connectivity index (χ1) is 9.15. The third kappa shape index (κ3) is 1.99. The van der Waals surface area contributed by atoms with Crippen LogP contribution in [0.15, 0.2) is 41.2 Å². The van der Waals surface area contributed by atoms with Gasteiger partial charge in [-0.25, -0.2) is 4.79 Å². The molecule has 3 rings (SSSR count). The zero-order chi connectivity index (χ0) is 13.4. The van der Waals surface area contributed by atoms with Crippen molar-refractivity contribution in [1.82, 2.24) is 4.90 Å². The molecule has 0 aliphatic carbocycles. The van der Waals surface area contributed by atoms with E-state index in [2.05, 4.69) is 0 Å². The minimum Gasteiger partial charge on any atom is -0.478 e. The van der Waals surface area contributed by atoms with Crippen molar-refractivity contribution in [3.63, 3.8) is 0 Å². The van der Waals surface area contributed by atoms with Crippen LogP contribution in [0.4, 0.5) is 0 Å². The predicted octanol–water partition coefficient (Wildman–Crippen LogP) is 2.13. The number of hydrogen-bond donors (Lipinski definition) is 1. The highest BCUT2D eigenvalue weighted by molar-refractivity contribution is 5.94. The number of carbonyl (C=O) groups excluding carboxylic acids is 1. The summed E-state index contributed by atoms with van der Waals surface area (Å²) in [6.07, 6.45) is 2.87. The standard InChI is InChI=1S/C14H11NO4/c16-13(11-3-4-19-8-11)15-6-10-2-1-9(14(17)18)5-12(10)7-15/h1-5,8H,6-7H2,(H,17,18). The summed E-state index contributed by atoms with van der Waals surface area (Å²) < 4.78 is 4.90. The average molecular weight is 257 g/mol. The maximum absolute atomic E-state index is 12.1. The molecule has 0 fully saturated rings. The molecular weight excluding hydrogens is 246 g/mol. The molecule has 2 heterocycles. The quantitative estimate of drug-likeness (QED) is 0.894. The molecule has 1 amide bonds. The number of carboxylic acids is 1. The molecule has 0 spiro atoms. The molecule has 5 heteroatoms. The maximum atomic E-state index is 12.1. The van der Waals surface area contributed by atoms with Gasteiger partial charge in [0.05, 0.1) is 17.4 Å². The second-order valence-electron chi connectivity index (χ2n) is 4.46. The molecule has 96 valence electrons. The molecule has 1 N–H and O–H groups in total. The van der Waals surface area contributed by atoms with Gasteiger partial charge in [-0.05, 0) is 29.3 Å². The molecule has 1 aromatic heterocycles. The highest BCUT2D eigenvalue weighted by atomic mass is 16.4. The van der Waals surface area contributed by atoms with Crippen LogP contribution in [-0.4, -0.2) is 21.9 Å². The normalized spacial score (nSPS) is 13.4. The zero-order valence-electron chi connectivity index (χ0n) is 10.00. The highest BCUT2D eigenvalue weighted by Gasteiger charge is 2.25. The summed E-state index contributed by atoms with van der Waals surface area (Å²) in [6.45, 7) is 0.930. The van der Waals surface area contributed by atoms with E-state index in [1.54, 1.807) is 29.2 Å². The Hall–Kier alpha value is -2.56. The number of amides is 1. The number of hydrogen-bond acceptors (Lipinski definition) is 3. The number of aromatic carboxylic acids is 1. The summed E-state index contributed by atoms with van der Waals surface area (Å²) in [5, 5.41) is 8.95. The maximum Gasteiger partial charge on any atom is 0.335 e. The Morgan fingerprint density at radius 1 is 1.11 bits per heavy atom. The third-order valence-corrected chi connectivity index (χ3v) is 3.23. The van der Waals surface area contributed by atoms with Gasteiger partial charge in [-0.3, -0.25) is 4.79 Å². The Balaban J connectivity index is 1.84. The molecule has 0 bridgehead atoms. The fourth-order valence-electron chi connectivity index (χ4n) is 2.24. The summed E-state index contributed by atoms with van der Waals surface area (Å²) in [6, 6.07) is 6.57. The number of rotatable bonds is 2. The third-order valence-electron chi connectivity index (χ3n) is 3.23. The molecular formula is C14H11NO4. The topological polar surface area (TPSA) is 70.8 Å². The minimum absolute atomic E-state index is 0.109. The molecule has 1 aromatic carbocycles. The van der Waals surface area contributed by atoms with Crippen LogP contribution in [0.25, 0.3) is 0 Å². The summed E-state index contributed by atoms with van der Waals surface area (Å²) >= 11 is 0. The lowest BCUT2D eigenvalue weighted by atomic mass is 10.1. The SMILES string of the molecule is O=C(O)c1ccc2c(c1)CN(C(=O)c1ccoc1)C2. The van der Waals surface area contributed by atoms with Crippen molar-refractivity contribution in [2.75, 3.05) is 0 Å². The van der Waals surface area contributed by atoms with Crippen molar-refractivity contribution in [2.45, 2.75) is 13.1 Å². The van der Waals surface area contributed by atoms with Crippen LogP contribution in [0.2, 0.25) is 0 Å². The first kappa shape index (κ1) is 11.5. The Labute approximate surface area is 109 Å². The van der Waals surface area contributed by atoms with Crippen molar-refractivity contribution in [2.24, 2.45) is 0 Å². The summed E-state index contributed by atoms with van der Waals surface area (Å²) in [5.74, 6) is -1.07. The van der Waals surface area contributed by atoms with E-state index in [1.807, 2.05) is 0 Å². The van der Waals surface area contributed by atoms with Crippen LogP contribution >= 0.6 is 0 Å². The molecule has 0 atom stereocenters. The van der Waals surface area contributed by atoms with Gasteiger partial charge in [0, 0.05) is 13.1 Å². The molecule has 0 radical (unpaired) electrons. The van der Waals surface area contributed by atoms with Crippen molar-refractivity contribution in [3.05, 3.63) is 59.0 Å². The summed E-state index contributed by atoms with van der Waals surface area (Å²) in [7, 11) is 0. The molecule has 5 nitrogen and oxygen atoms in total. The van der Waals surface area contributed by atoms with Gasteiger partial charge in [0.2, 0.25) is 0 Å². The Morgan fingerprint density at radius 3 is 2.58 bits per heavy atom. The van der Waals surface area contributed by atoms with E-state index < -0.39 is 5.97 Å². The average Bonchev–Trinajstić information content (AvgIpc) is 3.06. The van der Waals surface area contributed by atoms with E-state index in [-0.39, 0.29) is 11.5 Å². The molecule has 1 aliphatic rings. The number of carbonyl (C=O) groups is 2. The van der Waals surface area contributed by atoms with Gasteiger partial charge >= 0.3 is 5.97 Å². The molecule has 0 saturated carbocycles. The molecule has 1 aliphatic heterocycles. The van der Waals surface area contributed by atoms with Crippen LogP contribution in [0, 0.1) is 0 Å². The van der Waals surface area contributed by atoms with Crippen LogP contribution < -0.4 is 0 Å². The van der Waals surface area contributed by atoms with Gasteiger partial charge < -0.3 is 14.4 Å². The first-order valence-electron chi connectivity index (χ1n) is 5.82. The van der Waals surface area contributed by atoms with Crippen molar-refractivity contribution >= 4 is 11.9 Å². The van der Waals surface area contributed by atoms with Gasteiger partial charge in [-0.15, -0.1) is 0 Å². The predicted molar refractivity (Wildman–Crippen MR) is 65.7 cm³/mol. The van der Waals surface area contributed by atoms with Gasteiger partial charge in [-0.2, -0.15) is 0 Å². The van der Waals surface area contributed by atoms with Crippen LogP contribution in [0.1, 0.15) is 31.8 Å². The first-order valence-corrected chi connectivity index (χ1v) is 5.82. The molecule has 19 heavy (non-hydrogen) atoms. The molecule has 0 unspecified atom stereocenters. The lowest BCUT2D eigenvalue weighted by molar-refractivity contribution is 0.0696. The van der Waals surface area contributed by atoms with E-state index >= 15 is 0 Å². The fourth-order valence-corrected chi connectivity index (χ4v) is 2.24. The van der Waals surface area contributed by atoms with Gasteiger partial charge in [0.1, 0.15) is 6.26 Å². The second-order valence-corrected chi connectivity index (χ2v) is 4.46. The lowest BCUT2D eigenvalue weighted by Gasteiger charge is -2.13. The van der Waals surface area contributed by atoms with Crippen LogP contribution in [0.3, 0.4) is 0 Å². The Morgan fingerprint density at radius 2 is 1.89 bits per heavy atom. The zero-order valence-corrected chi connectivity index (χ0v) is 10.00.